The third-order valence-corrected chi connectivity index (χ3v) is 4.06. The predicted octanol–water partition coefficient (Wildman–Crippen LogP) is 3.54. The number of aryl methyl sites for hydroxylation is 2. The molecule has 0 aliphatic heterocycles. The third-order valence-electron chi connectivity index (χ3n) is 2.89. The Morgan fingerprint density at radius 2 is 1.70 bits per heavy atom. The van der Waals surface area contributed by atoms with Crippen LogP contribution in [0.3, 0.4) is 0 Å². The zero-order valence-electron chi connectivity index (χ0n) is 12.2. The van der Waals surface area contributed by atoms with Gasteiger partial charge in [0.05, 0.1) is 9.26 Å². The Morgan fingerprint density at radius 1 is 1.10 bits per heavy atom. The summed E-state index contributed by atoms with van der Waals surface area (Å²) < 4.78 is 0.961. The summed E-state index contributed by atoms with van der Waals surface area (Å²) in [5, 5.41) is 0. The largest absolute Gasteiger partial charge is 0.383 e. The SMILES string of the molecule is Cc1cc(-c2nc(N)c(I)c(CC(C)C)n2)cc(C)n1. The molecule has 0 bridgehead atoms. The highest BCUT2D eigenvalue weighted by molar-refractivity contribution is 14.1. The summed E-state index contributed by atoms with van der Waals surface area (Å²) >= 11 is 2.23. The smallest absolute Gasteiger partial charge is 0.161 e. The van der Waals surface area contributed by atoms with Gasteiger partial charge in [0, 0.05) is 17.0 Å². The summed E-state index contributed by atoms with van der Waals surface area (Å²) in [4.78, 5) is 13.5. The number of halogens is 1. The first-order chi connectivity index (χ1) is 9.36. The second-order valence-corrected chi connectivity index (χ2v) is 6.51. The van der Waals surface area contributed by atoms with Gasteiger partial charge in [-0.3, -0.25) is 4.98 Å². The van der Waals surface area contributed by atoms with Gasteiger partial charge in [0.2, 0.25) is 0 Å². The molecule has 2 aromatic rings. The first kappa shape index (κ1) is 15.2. The van der Waals surface area contributed by atoms with Crippen molar-refractivity contribution in [3.05, 3.63) is 32.8 Å². The molecule has 0 atom stereocenters. The highest BCUT2D eigenvalue weighted by atomic mass is 127. The Morgan fingerprint density at radius 3 is 2.25 bits per heavy atom. The summed E-state index contributed by atoms with van der Waals surface area (Å²) in [7, 11) is 0. The minimum atomic E-state index is 0.534. The Hall–Kier alpha value is -1.24. The predicted molar refractivity (Wildman–Crippen MR) is 90.4 cm³/mol. The molecule has 20 heavy (non-hydrogen) atoms. The van der Waals surface area contributed by atoms with Crippen molar-refractivity contribution in [2.45, 2.75) is 34.1 Å². The molecule has 0 aromatic carbocycles. The standard InChI is InChI=1S/C15H19IN4/c1-8(2)5-12-13(16)14(17)20-15(19-12)11-6-9(3)18-10(4)7-11/h6-8H,5H2,1-4H3,(H2,17,19,20). The zero-order chi connectivity index (χ0) is 14.9. The quantitative estimate of drug-likeness (QED) is 0.825. The molecule has 2 N–H and O–H groups in total. The van der Waals surface area contributed by atoms with Crippen molar-refractivity contribution in [2.24, 2.45) is 5.92 Å². The van der Waals surface area contributed by atoms with E-state index in [0.717, 1.165) is 32.6 Å². The molecule has 0 saturated carbocycles. The minimum absolute atomic E-state index is 0.534. The van der Waals surface area contributed by atoms with E-state index in [1.807, 2.05) is 26.0 Å². The fourth-order valence-corrected chi connectivity index (χ4v) is 2.59. The molecule has 0 radical (unpaired) electrons. The lowest BCUT2D eigenvalue weighted by Gasteiger charge is -2.11. The van der Waals surface area contributed by atoms with Gasteiger partial charge in [0.15, 0.2) is 5.82 Å². The number of hydrogen-bond donors (Lipinski definition) is 1. The van der Waals surface area contributed by atoms with Gasteiger partial charge in [-0.1, -0.05) is 13.8 Å². The van der Waals surface area contributed by atoms with Crippen molar-refractivity contribution in [2.75, 3.05) is 5.73 Å². The Balaban J connectivity index is 2.54. The van der Waals surface area contributed by atoms with Gasteiger partial charge in [-0.05, 0) is 60.9 Å². The Kier molecular flexibility index (Phi) is 4.57. The van der Waals surface area contributed by atoms with E-state index in [4.69, 9.17) is 10.7 Å². The van der Waals surface area contributed by atoms with Crippen molar-refractivity contribution in [3.63, 3.8) is 0 Å². The van der Waals surface area contributed by atoms with E-state index in [0.29, 0.717) is 17.6 Å². The van der Waals surface area contributed by atoms with Gasteiger partial charge in [-0.25, -0.2) is 9.97 Å². The molecule has 106 valence electrons. The molecule has 0 fully saturated rings. The van der Waals surface area contributed by atoms with Gasteiger partial charge in [-0.15, -0.1) is 0 Å². The zero-order valence-corrected chi connectivity index (χ0v) is 14.4. The van der Waals surface area contributed by atoms with E-state index in [1.54, 1.807) is 0 Å². The first-order valence-corrected chi connectivity index (χ1v) is 7.72. The van der Waals surface area contributed by atoms with Crippen LogP contribution in [0, 0.1) is 23.3 Å². The van der Waals surface area contributed by atoms with E-state index in [-0.39, 0.29) is 0 Å². The van der Waals surface area contributed by atoms with Crippen LogP contribution in [0.15, 0.2) is 12.1 Å². The van der Waals surface area contributed by atoms with E-state index in [1.165, 1.54) is 0 Å². The number of rotatable bonds is 3. The number of anilines is 1. The number of nitrogen functional groups attached to an aromatic ring is 1. The van der Waals surface area contributed by atoms with Gasteiger partial charge in [-0.2, -0.15) is 0 Å². The lowest BCUT2D eigenvalue weighted by molar-refractivity contribution is 0.632. The third kappa shape index (κ3) is 3.45. The molecule has 4 nitrogen and oxygen atoms in total. The van der Waals surface area contributed by atoms with Gasteiger partial charge in [0.25, 0.3) is 0 Å². The van der Waals surface area contributed by atoms with E-state index >= 15 is 0 Å². The van der Waals surface area contributed by atoms with Crippen molar-refractivity contribution in [1.82, 2.24) is 15.0 Å². The van der Waals surface area contributed by atoms with E-state index in [2.05, 4.69) is 46.4 Å². The summed E-state index contributed by atoms with van der Waals surface area (Å²) in [5.74, 6) is 1.78. The normalized spacial score (nSPS) is 11.1. The van der Waals surface area contributed by atoms with Crippen LogP contribution in [-0.2, 0) is 6.42 Å². The number of nitrogens with zero attached hydrogens (tertiary/aromatic N) is 3. The van der Waals surface area contributed by atoms with Crippen molar-refractivity contribution in [3.8, 4) is 11.4 Å². The maximum atomic E-state index is 6.04. The van der Waals surface area contributed by atoms with E-state index in [9.17, 15) is 0 Å². The lowest BCUT2D eigenvalue weighted by Crippen LogP contribution is -2.08. The average molecular weight is 382 g/mol. The number of aromatic nitrogens is 3. The van der Waals surface area contributed by atoms with Crippen LogP contribution in [0.2, 0.25) is 0 Å². The maximum absolute atomic E-state index is 6.04. The number of nitrogens with two attached hydrogens (primary N) is 1. The summed E-state index contributed by atoms with van der Waals surface area (Å²) in [6.45, 7) is 8.30. The summed E-state index contributed by atoms with van der Waals surface area (Å²) in [5.41, 5.74) is 9.96. The van der Waals surface area contributed by atoms with Gasteiger partial charge in [0.1, 0.15) is 5.82 Å². The molecule has 5 heteroatoms. The monoisotopic (exact) mass is 382 g/mol. The number of pyridine rings is 1. The molecular weight excluding hydrogens is 363 g/mol. The maximum Gasteiger partial charge on any atom is 0.161 e. The summed E-state index contributed by atoms with van der Waals surface area (Å²) in [6, 6.07) is 3.99. The van der Waals surface area contributed by atoms with Crippen LogP contribution < -0.4 is 5.73 Å². The molecule has 0 amide bonds. The fraction of sp³-hybridized carbons (Fsp3) is 0.400. The molecule has 2 heterocycles. The number of hydrogen-bond acceptors (Lipinski definition) is 4. The second-order valence-electron chi connectivity index (χ2n) is 5.43. The van der Waals surface area contributed by atoms with Crippen LogP contribution >= 0.6 is 22.6 Å². The topological polar surface area (TPSA) is 64.7 Å². The van der Waals surface area contributed by atoms with Gasteiger partial charge >= 0.3 is 0 Å². The average Bonchev–Trinajstić information content (AvgIpc) is 2.32. The molecule has 2 rings (SSSR count). The molecular formula is C15H19IN4. The van der Waals surface area contributed by atoms with Crippen LogP contribution in [0.25, 0.3) is 11.4 Å². The Labute approximate surface area is 133 Å². The van der Waals surface area contributed by atoms with Gasteiger partial charge < -0.3 is 5.73 Å². The minimum Gasteiger partial charge on any atom is -0.383 e. The van der Waals surface area contributed by atoms with Crippen LogP contribution in [-0.4, -0.2) is 15.0 Å². The second kappa shape index (κ2) is 6.03. The highest BCUT2D eigenvalue weighted by Gasteiger charge is 2.13. The fourth-order valence-electron chi connectivity index (χ4n) is 2.13. The molecule has 0 saturated heterocycles. The van der Waals surface area contributed by atoms with Crippen molar-refractivity contribution < 1.29 is 0 Å². The van der Waals surface area contributed by atoms with Crippen LogP contribution in [0.1, 0.15) is 30.9 Å². The molecule has 0 unspecified atom stereocenters. The molecule has 0 spiro atoms. The van der Waals surface area contributed by atoms with Crippen LogP contribution in [0.4, 0.5) is 5.82 Å². The van der Waals surface area contributed by atoms with Crippen LogP contribution in [0.5, 0.6) is 0 Å². The first-order valence-electron chi connectivity index (χ1n) is 6.64. The van der Waals surface area contributed by atoms with Crippen molar-refractivity contribution in [1.29, 1.82) is 0 Å². The Bertz CT molecular complexity index is 618. The lowest BCUT2D eigenvalue weighted by atomic mass is 10.1. The van der Waals surface area contributed by atoms with Crippen molar-refractivity contribution >= 4 is 28.4 Å². The van der Waals surface area contributed by atoms with E-state index < -0.39 is 0 Å². The molecule has 2 aromatic heterocycles. The highest BCUT2D eigenvalue weighted by Crippen LogP contribution is 2.24. The molecule has 0 aliphatic rings. The summed E-state index contributed by atoms with van der Waals surface area (Å²) in [6.07, 6.45) is 0.904. The molecule has 0 aliphatic carbocycles.